The summed E-state index contributed by atoms with van der Waals surface area (Å²) in [4.78, 5) is 15.7. The van der Waals surface area contributed by atoms with Gasteiger partial charge in [-0.05, 0) is 31.0 Å². The fraction of sp³-hybridized carbons (Fsp3) is 0.312. The number of pyridine rings is 1. The van der Waals surface area contributed by atoms with Crippen LogP contribution in [0.4, 0.5) is 0 Å². The highest BCUT2D eigenvalue weighted by molar-refractivity contribution is 5.92. The molecule has 2 aromatic rings. The minimum atomic E-state index is -0.304. The number of rotatable bonds is 4. The van der Waals surface area contributed by atoms with Gasteiger partial charge in [0.05, 0.1) is 6.21 Å². The lowest BCUT2D eigenvalue weighted by Crippen LogP contribution is -2.18. The van der Waals surface area contributed by atoms with Crippen molar-refractivity contribution in [3.8, 4) is 0 Å². The van der Waals surface area contributed by atoms with E-state index in [9.17, 15) is 4.79 Å². The van der Waals surface area contributed by atoms with E-state index < -0.39 is 0 Å². The summed E-state index contributed by atoms with van der Waals surface area (Å²) in [6, 6.07) is 7.82. The first-order chi connectivity index (χ1) is 10.3. The molecule has 21 heavy (non-hydrogen) atoms. The predicted octanol–water partition coefficient (Wildman–Crippen LogP) is 2.76. The average molecular weight is 282 g/mol. The third-order valence-electron chi connectivity index (χ3n) is 3.76. The quantitative estimate of drug-likeness (QED) is 0.692. The second-order valence-corrected chi connectivity index (χ2v) is 5.24. The molecule has 0 aliphatic heterocycles. The van der Waals surface area contributed by atoms with Gasteiger partial charge in [0.25, 0.3) is 5.91 Å². The Balaban J connectivity index is 1.58. The topological polar surface area (TPSA) is 59.3 Å². The first-order valence-electron chi connectivity index (χ1n) is 7.25. The predicted molar refractivity (Wildman–Crippen MR) is 81.2 cm³/mol. The van der Waals surface area contributed by atoms with Crippen LogP contribution in [0.2, 0.25) is 0 Å². The molecule has 0 unspecified atom stereocenters. The number of aromatic nitrogens is 2. The van der Waals surface area contributed by atoms with Gasteiger partial charge in [0.15, 0.2) is 0 Å². The zero-order valence-electron chi connectivity index (χ0n) is 11.8. The first kappa shape index (κ1) is 13.5. The molecule has 108 valence electrons. The van der Waals surface area contributed by atoms with Crippen LogP contribution in [0.5, 0.6) is 0 Å². The Kier molecular flexibility index (Phi) is 4.09. The second-order valence-electron chi connectivity index (χ2n) is 5.24. The van der Waals surface area contributed by atoms with Crippen molar-refractivity contribution in [2.24, 2.45) is 5.10 Å². The lowest BCUT2D eigenvalue weighted by atomic mass is 10.2. The van der Waals surface area contributed by atoms with Gasteiger partial charge in [-0.1, -0.05) is 18.9 Å². The highest BCUT2D eigenvalue weighted by Crippen LogP contribution is 2.29. The fourth-order valence-corrected chi connectivity index (χ4v) is 2.66. The van der Waals surface area contributed by atoms with Crippen molar-refractivity contribution in [1.82, 2.24) is 15.0 Å². The van der Waals surface area contributed by atoms with Crippen LogP contribution >= 0.6 is 0 Å². The van der Waals surface area contributed by atoms with Gasteiger partial charge in [-0.15, -0.1) is 0 Å². The van der Waals surface area contributed by atoms with E-state index in [0.717, 1.165) is 5.56 Å². The molecule has 3 rings (SSSR count). The van der Waals surface area contributed by atoms with E-state index in [1.54, 1.807) is 30.6 Å². The molecule has 2 aromatic heterocycles. The van der Waals surface area contributed by atoms with Gasteiger partial charge in [-0.25, -0.2) is 5.43 Å². The van der Waals surface area contributed by atoms with Crippen molar-refractivity contribution in [3.63, 3.8) is 0 Å². The molecule has 1 fully saturated rings. The SMILES string of the molecule is O=C(N/N=C\c1ccn(C2CCCC2)c1)c1ccccn1. The van der Waals surface area contributed by atoms with Crippen molar-refractivity contribution in [2.45, 2.75) is 31.7 Å². The summed E-state index contributed by atoms with van der Waals surface area (Å²) in [5.41, 5.74) is 3.83. The Morgan fingerprint density at radius 1 is 1.33 bits per heavy atom. The highest BCUT2D eigenvalue weighted by atomic mass is 16.2. The van der Waals surface area contributed by atoms with Crippen LogP contribution < -0.4 is 5.43 Å². The summed E-state index contributed by atoms with van der Waals surface area (Å²) in [6.45, 7) is 0. The van der Waals surface area contributed by atoms with Crippen LogP contribution in [-0.2, 0) is 0 Å². The van der Waals surface area contributed by atoms with Gasteiger partial charge in [-0.3, -0.25) is 9.78 Å². The van der Waals surface area contributed by atoms with Crippen LogP contribution in [0.3, 0.4) is 0 Å². The molecule has 0 bridgehead atoms. The molecule has 0 radical (unpaired) electrons. The number of carbonyl (C=O) groups is 1. The van der Waals surface area contributed by atoms with E-state index in [4.69, 9.17) is 0 Å². The van der Waals surface area contributed by atoms with Crippen LogP contribution in [0.25, 0.3) is 0 Å². The maximum atomic E-state index is 11.8. The molecule has 1 amide bonds. The third-order valence-corrected chi connectivity index (χ3v) is 3.76. The van der Waals surface area contributed by atoms with Gasteiger partial charge in [0.2, 0.25) is 0 Å². The molecule has 0 saturated heterocycles. The minimum absolute atomic E-state index is 0.304. The lowest BCUT2D eigenvalue weighted by molar-refractivity contribution is 0.0950. The molecule has 1 aliphatic rings. The van der Waals surface area contributed by atoms with Gasteiger partial charge in [0, 0.05) is 30.2 Å². The average Bonchev–Trinajstić information content (AvgIpc) is 3.19. The molecular formula is C16H18N4O. The molecule has 1 aliphatic carbocycles. The van der Waals surface area contributed by atoms with Gasteiger partial charge < -0.3 is 4.57 Å². The Hall–Kier alpha value is -2.43. The van der Waals surface area contributed by atoms with E-state index in [0.29, 0.717) is 11.7 Å². The molecule has 1 N–H and O–H groups in total. The van der Waals surface area contributed by atoms with Gasteiger partial charge >= 0.3 is 0 Å². The van der Waals surface area contributed by atoms with Crippen molar-refractivity contribution >= 4 is 12.1 Å². The monoisotopic (exact) mass is 282 g/mol. The Morgan fingerprint density at radius 2 is 2.19 bits per heavy atom. The zero-order valence-corrected chi connectivity index (χ0v) is 11.8. The summed E-state index contributed by atoms with van der Waals surface area (Å²) in [7, 11) is 0. The van der Waals surface area contributed by atoms with E-state index in [1.807, 2.05) is 6.07 Å². The highest BCUT2D eigenvalue weighted by Gasteiger charge is 2.15. The van der Waals surface area contributed by atoms with Gasteiger partial charge in [0.1, 0.15) is 5.69 Å². The fourth-order valence-electron chi connectivity index (χ4n) is 2.66. The smallest absolute Gasteiger partial charge is 0.289 e. The molecular weight excluding hydrogens is 264 g/mol. The molecule has 5 nitrogen and oxygen atoms in total. The van der Waals surface area contributed by atoms with Crippen molar-refractivity contribution in [3.05, 3.63) is 54.1 Å². The number of hydrogen-bond acceptors (Lipinski definition) is 3. The zero-order chi connectivity index (χ0) is 14.5. The number of carbonyl (C=O) groups excluding carboxylic acids is 1. The van der Waals surface area contributed by atoms with Crippen LogP contribution in [0.1, 0.15) is 47.8 Å². The van der Waals surface area contributed by atoms with Gasteiger partial charge in [-0.2, -0.15) is 5.10 Å². The van der Waals surface area contributed by atoms with Crippen molar-refractivity contribution in [2.75, 3.05) is 0 Å². The lowest BCUT2D eigenvalue weighted by Gasteiger charge is -2.10. The van der Waals surface area contributed by atoms with Crippen LogP contribution in [0, 0.1) is 0 Å². The molecule has 0 atom stereocenters. The number of hydrogen-bond donors (Lipinski definition) is 1. The van der Waals surface area contributed by atoms with Crippen molar-refractivity contribution in [1.29, 1.82) is 0 Å². The standard InChI is InChI=1S/C16H18N4O/c21-16(15-7-3-4-9-17-15)19-18-11-13-8-10-20(12-13)14-5-1-2-6-14/h3-4,7-12,14H,1-2,5-6H2,(H,19,21)/b18-11-. The molecule has 2 heterocycles. The second kappa shape index (κ2) is 6.35. The third kappa shape index (κ3) is 3.37. The van der Waals surface area contributed by atoms with E-state index >= 15 is 0 Å². The molecule has 5 heteroatoms. The Labute approximate surface area is 123 Å². The molecule has 0 spiro atoms. The summed E-state index contributed by atoms with van der Waals surface area (Å²) in [5, 5.41) is 3.98. The number of nitrogens with zero attached hydrogens (tertiary/aromatic N) is 3. The Bertz CT molecular complexity index is 627. The van der Waals surface area contributed by atoms with E-state index in [2.05, 4.69) is 32.5 Å². The summed E-state index contributed by atoms with van der Waals surface area (Å²) < 4.78 is 2.24. The van der Waals surface area contributed by atoms with Crippen LogP contribution in [-0.4, -0.2) is 21.7 Å². The molecule has 1 saturated carbocycles. The summed E-state index contributed by atoms with van der Waals surface area (Å²) in [6.07, 6.45) is 12.5. The summed E-state index contributed by atoms with van der Waals surface area (Å²) in [5.74, 6) is -0.304. The maximum absolute atomic E-state index is 11.8. The maximum Gasteiger partial charge on any atom is 0.289 e. The van der Waals surface area contributed by atoms with Crippen LogP contribution in [0.15, 0.2) is 48.0 Å². The number of hydrazone groups is 1. The minimum Gasteiger partial charge on any atom is -0.351 e. The van der Waals surface area contributed by atoms with E-state index in [-0.39, 0.29) is 5.91 Å². The summed E-state index contributed by atoms with van der Waals surface area (Å²) >= 11 is 0. The normalized spacial score (nSPS) is 15.6. The van der Waals surface area contributed by atoms with E-state index in [1.165, 1.54) is 25.7 Å². The molecule has 0 aromatic carbocycles. The number of amides is 1. The van der Waals surface area contributed by atoms with Crippen molar-refractivity contribution < 1.29 is 4.79 Å². The first-order valence-corrected chi connectivity index (χ1v) is 7.25. The Morgan fingerprint density at radius 3 is 2.95 bits per heavy atom. The number of nitrogens with one attached hydrogen (secondary N) is 1. The largest absolute Gasteiger partial charge is 0.351 e.